The zero-order valence-corrected chi connectivity index (χ0v) is 9.52. The van der Waals surface area contributed by atoms with Crippen LogP contribution in [0.5, 0.6) is 0 Å². The van der Waals surface area contributed by atoms with E-state index in [9.17, 15) is 5.11 Å². The molecule has 0 aromatic rings. The van der Waals surface area contributed by atoms with E-state index < -0.39 is 6.29 Å². The Morgan fingerprint density at radius 1 is 1.00 bits per heavy atom. The number of aliphatic hydroxyl groups excluding tert-OH is 2. The fraction of sp³-hybridized carbons (Fsp3) is 1.00. The molecule has 0 saturated carbocycles. The van der Waals surface area contributed by atoms with E-state index in [4.69, 9.17) is 19.3 Å². The Morgan fingerprint density at radius 2 is 1.67 bits per heavy atom. The maximum atomic E-state index is 9.27. The average molecular weight is 222 g/mol. The molecule has 5 nitrogen and oxygen atoms in total. The van der Waals surface area contributed by atoms with E-state index >= 15 is 0 Å². The second-order valence-corrected chi connectivity index (χ2v) is 3.59. The first kappa shape index (κ1) is 14.8. The Hall–Kier alpha value is -0.200. The van der Waals surface area contributed by atoms with Gasteiger partial charge in [0.2, 0.25) is 0 Å². The van der Waals surface area contributed by atoms with Crippen LogP contribution in [0.3, 0.4) is 0 Å². The second kappa shape index (κ2) is 10.3. The second-order valence-electron chi connectivity index (χ2n) is 3.59. The molecule has 0 rings (SSSR count). The third-order valence-electron chi connectivity index (χ3n) is 1.49. The van der Waals surface area contributed by atoms with Crippen molar-refractivity contribution in [2.45, 2.75) is 20.1 Å². The molecule has 0 aromatic heterocycles. The first-order valence-electron chi connectivity index (χ1n) is 5.22. The number of hydrogen-bond acceptors (Lipinski definition) is 5. The van der Waals surface area contributed by atoms with Crippen LogP contribution in [0.25, 0.3) is 0 Å². The molecular formula is C10H22O5. The van der Waals surface area contributed by atoms with Crippen molar-refractivity contribution in [3.63, 3.8) is 0 Å². The van der Waals surface area contributed by atoms with Crippen molar-refractivity contribution < 1.29 is 24.4 Å². The molecule has 0 radical (unpaired) electrons. The first-order chi connectivity index (χ1) is 7.16. The molecule has 0 amide bonds. The fourth-order valence-corrected chi connectivity index (χ4v) is 0.820. The van der Waals surface area contributed by atoms with E-state index in [1.807, 2.05) is 13.8 Å². The number of ether oxygens (including phenoxy) is 3. The van der Waals surface area contributed by atoms with Gasteiger partial charge in [-0.2, -0.15) is 0 Å². The van der Waals surface area contributed by atoms with Crippen molar-refractivity contribution >= 4 is 0 Å². The molecule has 0 heterocycles. The number of aliphatic hydroxyl groups is 2. The van der Waals surface area contributed by atoms with E-state index in [0.29, 0.717) is 32.3 Å². The van der Waals surface area contributed by atoms with Gasteiger partial charge in [-0.3, -0.25) is 0 Å². The summed E-state index contributed by atoms with van der Waals surface area (Å²) < 4.78 is 15.1. The van der Waals surface area contributed by atoms with Crippen molar-refractivity contribution in [1.82, 2.24) is 0 Å². The van der Waals surface area contributed by atoms with Gasteiger partial charge in [-0.25, -0.2) is 0 Å². The quantitative estimate of drug-likeness (QED) is 0.402. The summed E-state index contributed by atoms with van der Waals surface area (Å²) in [5.41, 5.74) is 0. The molecule has 1 atom stereocenters. The van der Waals surface area contributed by atoms with Gasteiger partial charge in [0.1, 0.15) is 0 Å². The highest BCUT2D eigenvalue weighted by molar-refractivity contribution is 4.43. The van der Waals surface area contributed by atoms with Gasteiger partial charge in [-0.05, 0) is 5.92 Å². The number of rotatable bonds is 10. The van der Waals surface area contributed by atoms with Gasteiger partial charge in [0.15, 0.2) is 6.29 Å². The monoisotopic (exact) mass is 222 g/mol. The summed E-state index contributed by atoms with van der Waals surface area (Å²) in [6, 6.07) is 0. The smallest absolute Gasteiger partial charge is 0.178 e. The molecule has 2 N–H and O–H groups in total. The molecule has 0 aliphatic rings. The minimum absolute atomic E-state index is 0.0140. The molecular weight excluding hydrogens is 200 g/mol. The zero-order valence-electron chi connectivity index (χ0n) is 9.52. The average Bonchev–Trinajstić information content (AvgIpc) is 2.20. The van der Waals surface area contributed by atoms with Crippen molar-refractivity contribution in [3.8, 4) is 0 Å². The van der Waals surface area contributed by atoms with Crippen molar-refractivity contribution in [3.05, 3.63) is 0 Å². The van der Waals surface area contributed by atoms with Crippen LogP contribution in [0.4, 0.5) is 0 Å². The normalized spacial score (nSPS) is 13.4. The topological polar surface area (TPSA) is 68.2 Å². The number of hydrogen-bond donors (Lipinski definition) is 2. The fourth-order valence-electron chi connectivity index (χ4n) is 0.820. The van der Waals surface area contributed by atoms with Crippen LogP contribution in [-0.2, 0) is 14.2 Å². The van der Waals surface area contributed by atoms with Crippen LogP contribution < -0.4 is 0 Å². The molecule has 0 spiro atoms. The van der Waals surface area contributed by atoms with E-state index in [-0.39, 0.29) is 13.2 Å². The third kappa shape index (κ3) is 11.7. The van der Waals surface area contributed by atoms with Gasteiger partial charge >= 0.3 is 0 Å². The predicted molar refractivity (Wildman–Crippen MR) is 55.5 cm³/mol. The predicted octanol–water partition coefficient (Wildman–Crippen LogP) is 0.00290. The Bertz CT molecular complexity index is 129. The molecule has 0 aliphatic heterocycles. The van der Waals surface area contributed by atoms with E-state index in [1.165, 1.54) is 0 Å². The molecule has 5 heteroatoms. The lowest BCUT2D eigenvalue weighted by Crippen LogP contribution is -2.22. The molecule has 0 aliphatic carbocycles. The van der Waals surface area contributed by atoms with Crippen LogP contribution in [0.15, 0.2) is 0 Å². The Kier molecular flexibility index (Phi) is 10.2. The standard InChI is InChI=1S/C10H22O5/c1-9(2)7-15-10(12)8-14-6-5-13-4-3-11/h9-12H,3-8H2,1-2H3. The molecule has 0 fully saturated rings. The molecule has 15 heavy (non-hydrogen) atoms. The van der Waals surface area contributed by atoms with Gasteiger partial charge < -0.3 is 24.4 Å². The van der Waals surface area contributed by atoms with Crippen molar-refractivity contribution in [1.29, 1.82) is 0 Å². The maximum Gasteiger partial charge on any atom is 0.178 e. The van der Waals surface area contributed by atoms with Crippen LogP contribution in [0.2, 0.25) is 0 Å². The summed E-state index contributed by atoms with van der Waals surface area (Å²) >= 11 is 0. The van der Waals surface area contributed by atoms with Crippen LogP contribution >= 0.6 is 0 Å². The molecule has 1 unspecified atom stereocenters. The minimum atomic E-state index is -0.870. The van der Waals surface area contributed by atoms with E-state index in [1.54, 1.807) is 0 Å². The lowest BCUT2D eigenvalue weighted by molar-refractivity contribution is -0.146. The summed E-state index contributed by atoms with van der Waals surface area (Å²) in [6.07, 6.45) is -0.870. The van der Waals surface area contributed by atoms with E-state index in [2.05, 4.69) is 0 Å². The van der Waals surface area contributed by atoms with Gasteiger partial charge in [0.25, 0.3) is 0 Å². The van der Waals surface area contributed by atoms with Gasteiger partial charge in [0.05, 0.1) is 39.6 Å². The lowest BCUT2D eigenvalue weighted by atomic mass is 10.2. The summed E-state index contributed by atoms with van der Waals surface area (Å²) in [6.45, 7) is 5.82. The summed E-state index contributed by atoms with van der Waals surface area (Å²) in [4.78, 5) is 0. The SMILES string of the molecule is CC(C)COC(O)COCCOCCO. The molecule has 0 bridgehead atoms. The highest BCUT2D eigenvalue weighted by Gasteiger charge is 2.04. The van der Waals surface area contributed by atoms with Gasteiger partial charge in [-0.1, -0.05) is 13.8 Å². The Labute approximate surface area is 91.0 Å². The third-order valence-corrected chi connectivity index (χ3v) is 1.49. The van der Waals surface area contributed by atoms with Gasteiger partial charge in [0, 0.05) is 0 Å². The first-order valence-corrected chi connectivity index (χ1v) is 5.22. The largest absolute Gasteiger partial charge is 0.394 e. The Balaban J connectivity index is 3.13. The molecule has 0 aromatic carbocycles. The van der Waals surface area contributed by atoms with Crippen LogP contribution in [0, 0.1) is 5.92 Å². The van der Waals surface area contributed by atoms with Gasteiger partial charge in [-0.15, -0.1) is 0 Å². The molecule has 0 saturated heterocycles. The summed E-state index contributed by atoms with van der Waals surface area (Å²) in [5, 5.41) is 17.7. The molecule has 92 valence electrons. The zero-order chi connectivity index (χ0) is 11.5. The summed E-state index contributed by atoms with van der Waals surface area (Å²) in [7, 11) is 0. The van der Waals surface area contributed by atoms with Crippen molar-refractivity contribution in [2.75, 3.05) is 39.6 Å². The minimum Gasteiger partial charge on any atom is -0.394 e. The van der Waals surface area contributed by atoms with E-state index in [0.717, 1.165) is 0 Å². The summed E-state index contributed by atoms with van der Waals surface area (Å²) in [5.74, 6) is 0.396. The lowest BCUT2D eigenvalue weighted by Gasteiger charge is -2.13. The highest BCUT2D eigenvalue weighted by atomic mass is 16.6. The van der Waals surface area contributed by atoms with Crippen LogP contribution in [-0.4, -0.2) is 56.1 Å². The highest BCUT2D eigenvalue weighted by Crippen LogP contribution is 1.96. The maximum absolute atomic E-state index is 9.27. The Morgan fingerprint density at radius 3 is 2.27 bits per heavy atom. The van der Waals surface area contributed by atoms with Crippen LogP contribution in [0.1, 0.15) is 13.8 Å². The van der Waals surface area contributed by atoms with Crippen molar-refractivity contribution in [2.24, 2.45) is 5.92 Å².